The predicted molar refractivity (Wildman–Crippen MR) is 269 cm³/mol. The van der Waals surface area contributed by atoms with Gasteiger partial charge in [-0.2, -0.15) is 0 Å². The molecule has 0 aliphatic carbocycles. The quantitative estimate of drug-likeness (QED) is 0.0321. The van der Waals surface area contributed by atoms with Gasteiger partial charge in [-0.3, -0.25) is 9.59 Å². The number of esters is 1. The molecule has 0 saturated heterocycles. The Morgan fingerprint density at radius 2 is 0.758 bits per heavy atom. The summed E-state index contributed by atoms with van der Waals surface area (Å²) in [6, 6.07) is -0.652. The molecule has 0 aromatic carbocycles. The molecule has 2 unspecified atom stereocenters. The van der Waals surface area contributed by atoms with E-state index in [4.69, 9.17) is 4.74 Å². The molecule has 1 amide bonds. The van der Waals surface area contributed by atoms with E-state index in [1.807, 2.05) is 6.08 Å². The van der Waals surface area contributed by atoms with E-state index in [1.54, 1.807) is 6.08 Å². The van der Waals surface area contributed by atoms with E-state index < -0.39 is 12.1 Å². The number of amides is 1. The van der Waals surface area contributed by atoms with Crippen molar-refractivity contribution in [3.8, 4) is 0 Å². The molecule has 2 atom stereocenters. The maximum Gasteiger partial charge on any atom is 0.305 e. The summed E-state index contributed by atoms with van der Waals surface area (Å²) in [5.74, 6) is -0.136. The molecule has 0 aromatic rings. The maximum atomic E-state index is 12.4. The molecular formula is C56H107NO5. The van der Waals surface area contributed by atoms with Crippen LogP contribution in [-0.2, 0) is 14.3 Å². The minimum atomic E-state index is -0.865. The second-order valence-electron chi connectivity index (χ2n) is 18.9. The third kappa shape index (κ3) is 47.8. The van der Waals surface area contributed by atoms with Crippen molar-refractivity contribution < 1.29 is 24.5 Å². The molecule has 366 valence electrons. The number of unbranched alkanes of at least 4 members (excludes halogenated alkanes) is 38. The molecule has 0 aliphatic rings. The van der Waals surface area contributed by atoms with Crippen LogP contribution in [-0.4, -0.2) is 47.4 Å². The van der Waals surface area contributed by atoms with E-state index in [-0.39, 0.29) is 18.5 Å². The van der Waals surface area contributed by atoms with Crippen molar-refractivity contribution in [1.29, 1.82) is 0 Å². The molecule has 0 aliphatic heterocycles. The fraction of sp³-hybridized carbons (Fsp3) is 0.893. The van der Waals surface area contributed by atoms with E-state index in [0.717, 1.165) is 77.0 Å². The lowest BCUT2D eigenvalue weighted by molar-refractivity contribution is -0.143. The summed E-state index contributed by atoms with van der Waals surface area (Å²) in [4.78, 5) is 24.5. The van der Waals surface area contributed by atoms with Crippen molar-refractivity contribution in [2.75, 3.05) is 13.2 Å². The topological polar surface area (TPSA) is 95.9 Å². The van der Waals surface area contributed by atoms with Gasteiger partial charge in [-0.05, 0) is 57.8 Å². The van der Waals surface area contributed by atoms with Crippen molar-refractivity contribution in [2.45, 2.75) is 309 Å². The fourth-order valence-electron chi connectivity index (χ4n) is 8.45. The molecule has 0 heterocycles. The first kappa shape index (κ1) is 60.3. The molecule has 0 bridgehead atoms. The lowest BCUT2D eigenvalue weighted by Gasteiger charge is -2.20. The highest BCUT2D eigenvalue weighted by molar-refractivity contribution is 5.76. The monoisotopic (exact) mass is 874 g/mol. The summed E-state index contributed by atoms with van der Waals surface area (Å²) in [6.07, 6.45) is 61.9. The van der Waals surface area contributed by atoms with Crippen molar-refractivity contribution in [3.63, 3.8) is 0 Å². The molecule has 62 heavy (non-hydrogen) atoms. The average molecular weight is 874 g/mol. The first-order valence-corrected chi connectivity index (χ1v) is 27.6. The van der Waals surface area contributed by atoms with E-state index >= 15 is 0 Å². The molecular weight excluding hydrogens is 767 g/mol. The Morgan fingerprint density at radius 1 is 0.435 bits per heavy atom. The Bertz CT molecular complexity index is 966. The molecule has 0 spiro atoms. The smallest absolute Gasteiger partial charge is 0.305 e. The normalized spacial score (nSPS) is 12.8. The largest absolute Gasteiger partial charge is 0.466 e. The highest BCUT2D eigenvalue weighted by atomic mass is 16.5. The number of carbonyl (C=O) groups is 2. The van der Waals surface area contributed by atoms with Crippen molar-refractivity contribution in [2.24, 2.45) is 0 Å². The van der Waals surface area contributed by atoms with Crippen LogP contribution in [0.25, 0.3) is 0 Å². The van der Waals surface area contributed by atoms with Crippen LogP contribution in [0.1, 0.15) is 296 Å². The SMILES string of the molecule is CCCCCCCCCCCCCCCC/C=C/C(O)C(CO)NC(=O)CCCCCC/C=C\CCCCOC(=O)CCCCCCCCCCCCCCCCCCCCC. The van der Waals surface area contributed by atoms with Gasteiger partial charge in [-0.25, -0.2) is 0 Å². The van der Waals surface area contributed by atoms with Crippen molar-refractivity contribution >= 4 is 11.9 Å². The van der Waals surface area contributed by atoms with Gasteiger partial charge in [0, 0.05) is 12.8 Å². The third-order valence-electron chi connectivity index (χ3n) is 12.7. The summed E-state index contributed by atoms with van der Waals surface area (Å²) in [6.45, 7) is 4.83. The van der Waals surface area contributed by atoms with Crippen LogP contribution >= 0.6 is 0 Å². The zero-order valence-electron chi connectivity index (χ0n) is 41.6. The van der Waals surface area contributed by atoms with Gasteiger partial charge in [0.05, 0.1) is 25.4 Å². The summed E-state index contributed by atoms with van der Waals surface area (Å²) in [7, 11) is 0. The third-order valence-corrected chi connectivity index (χ3v) is 12.7. The number of hydrogen-bond acceptors (Lipinski definition) is 5. The average Bonchev–Trinajstić information content (AvgIpc) is 3.27. The molecule has 6 nitrogen and oxygen atoms in total. The molecule has 6 heteroatoms. The highest BCUT2D eigenvalue weighted by Gasteiger charge is 2.18. The number of carbonyl (C=O) groups excluding carboxylic acids is 2. The van der Waals surface area contributed by atoms with Gasteiger partial charge in [0.2, 0.25) is 5.91 Å². The number of nitrogens with one attached hydrogen (secondary N) is 1. The first-order valence-electron chi connectivity index (χ1n) is 27.6. The minimum Gasteiger partial charge on any atom is -0.466 e. The maximum absolute atomic E-state index is 12.4. The van der Waals surface area contributed by atoms with Crippen LogP contribution in [0.15, 0.2) is 24.3 Å². The lowest BCUT2D eigenvalue weighted by atomic mass is 10.0. The van der Waals surface area contributed by atoms with Gasteiger partial charge in [-0.15, -0.1) is 0 Å². The van der Waals surface area contributed by atoms with Gasteiger partial charge in [0.1, 0.15) is 0 Å². The van der Waals surface area contributed by atoms with Crippen LogP contribution in [0.2, 0.25) is 0 Å². The Labute approximate surface area is 386 Å². The summed E-state index contributed by atoms with van der Waals surface area (Å²) in [5, 5.41) is 23.1. The Hall–Kier alpha value is -1.66. The predicted octanol–water partition coefficient (Wildman–Crippen LogP) is 16.7. The van der Waals surface area contributed by atoms with E-state index in [9.17, 15) is 19.8 Å². The number of hydrogen-bond donors (Lipinski definition) is 3. The molecule has 3 N–H and O–H groups in total. The molecule has 0 fully saturated rings. The van der Waals surface area contributed by atoms with E-state index in [0.29, 0.717) is 19.4 Å². The van der Waals surface area contributed by atoms with Crippen LogP contribution in [0.5, 0.6) is 0 Å². The van der Waals surface area contributed by atoms with Crippen molar-refractivity contribution in [1.82, 2.24) is 5.32 Å². The Kier molecular flexibility index (Phi) is 50.6. The summed E-state index contributed by atoms with van der Waals surface area (Å²) >= 11 is 0. The number of aliphatic hydroxyl groups excluding tert-OH is 2. The molecule has 0 aromatic heterocycles. The molecule has 0 radical (unpaired) electrons. The second kappa shape index (κ2) is 52.0. The number of ether oxygens (including phenoxy) is 1. The van der Waals surface area contributed by atoms with Crippen LogP contribution in [0.4, 0.5) is 0 Å². The highest BCUT2D eigenvalue weighted by Crippen LogP contribution is 2.17. The van der Waals surface area contributed by atoms with Gasteiger partial charge < -0.3 is 20.3 Å². The van der Waals surface area contributed by atoms with E-state index in [2.05, 4.69) is 31.3 Å². The zero-order chi connectivity index (χ0) is 45.1. The minimum absolute atomic E-state index is 0.0336. The van der Waals surface area contributed by atoms with Crippen LogP contribution in [0.3, 0.4) is 0 Å². The number of aliphatic hydroxyl groups is 2. The number of rotatable bonds is 51. The number of allylic oxidation sites excluding steroid dienone is 3. The van der Waals surface area contributed by atoms with Gasteiger partial charge in [0.25, 0.3) is 0 Å². The second-order valence-corrected chi connectivity index (χ2v) is 18.9. The standard InChI is InChI=1S/C56H107NO5/c1-3-5-7-9-11-13-15-17-19-21-22-23-25-27-29-34-38-42-46-50-56(61)62-51-47-43-39-35-31-30-33-37-41-45-49-55(60)57-53(52-58)54(59)48-44-40-36-32-28-26-24-20-18-16-14-12-10-8-6-4-2/h31,35,44,48,53-54,58-59H,3-30,32-34,36-43,45-47,49-52H2,1-2H3,(H,57,60)/b35-31-,48-44+. The zero-order valence-corrected chi connectivity index (χ0v) is 41.6. The molecule has 0 saturated carbocycles. The first-order chi connectivity index (χ1) is 30.5. The van der Waals surface area contributed by atoms with Crippen LogP contribution in [0, 0.1) is 0 Å². The van der Waals surface area contributed by atoms with Gasteiger partial charge in [0.15, 0.2) is 0 Å². The van der Waals surface area contributed by atoms with Gasteiger partial charge in [-0.1, -0.05) is 250 Å². The Balaban J connectivity index is 3.52. The fourth-order valence-corrected chi connectivity index (χ4v) is 8.45. The van der Waals surface area contributed by atoms with Crippen molar-refractivity contribution in [3.05, 3.63) is 24.3 Å². The van der Waals surface area contributed by atoms with Gasteiger partial charge >= 0.3 is 5.97 Å². The Morgan fingerprint density at radius 3 is 1.15 bits per heavy atom. The summed E-state index contributed by atoms with van der Waals surface area (Å²) < 4.78 is 5.45. The summed E-state index contributed by atoms with van der Waals surface area (Å²) in [5.41, 5.74) is 0. The lowest BCUT2D eigenvalue weighted by Crippen LogP contribution is -2.45. The molecule has 0 rings (SSSR count). The van der Waals surface area contributed by atoms with E-state index in [1.165, 1.54) is 193 Å². The van der Waals surface area contributed by atoms with Crippen LogP contribution < -0.4 is 5.32 Å².